The lowest BCUT2D eigenvalue weighted by molar-refractivity contribution is 0.0622. The van der Waals surface area contributed by atoms with E-state index in [-0.39, 0.29) is 11.8 Å². The number of aryl methyl sites for hydroxylation is 4. The minimum absolute atomic E-state index is 0.101. The first-order valence-corrected chi connectivity index (χ1v) is 45.3. The molecule has 6 heterocycles. The number of carbonyl (C=O) groups is 2. The average Bonchev–Trinajstić information content (AvgIpc) is 1.51. The van der Waals surface area contributed by atoms with Crippen LogP contribution in [0.15, 0.2) is 151 Å². The molecule has 13 rings (SSSR count). The zero-order valence-corrected chi connectivity index (χ0v) is 67.7. The Kier molecular flexibility index (Phi) is 26.7. The van der Waals surface area contributed by atoms with E-state index in [9.17, 15) is 0 Å². The number of fused-ring (bicyclic) bond motifs is 7. The average molecular weight is 1480 g/mol. The molecule has 10 aromatic rings. The molecular formula is C96H115NO2S5. The molecule has 1 unspecified atom stereocenters. The Labute approximate surface area is 645 Å². The summed E-state index contributed by atoms with van der Waals surface area (Å²) in [5.74, 6) is 0.0974. The van der Waals surface area contributed by atoms with Crippen LogP contribution in [0.1, 0.15) is 321 Å². The predicted molar refractivity (Wildman–Crippen MR) is 455 cm³/mol. The molecule has 0 saturated carbocycles. The van der Waals surface area contributed by atoms with Gasteiger partial charge in [0.2, 0.25) is 0 Å². The Morgan fingerprint density at radius 3 is 1.31 bits per heavy atom. The van der Waals surface area contributed by atoms with Crippen LogP contribution in [0.25, 0.3) is 55.9 Å². The highest BCUT2D eigenvalue weighted by Crippen LogP contribution is 2.63. The van der Waals surface area contributed by atoms with Crippen molar-refractivity contribution in [1.29, 1.82) is 0 Å². The standard InChI is InChI=1S/C96H115NO2S5/c1-7-13-19-25-26-27-28-34-41-72(40-33-24-18-12-6)67-97-93(98)87-88(94(97)99)92(104-91(87)83-42-35-63-100-83)84-60-59-81(101-84)86-66-80-90(103-86)77-64-78-85(65-79(77)96(80,75-55-47-70(48-56-75)38-31-22-16-10-4)76-57-49-71(50-58-76)39-32-23-17-11-5)102-82-61-62-95(89(78)82,73-51-43-68(44-52-73)36-29-20-14-8-2)74-53-45-69(46-54-74)37-30-21-15-9-3/h35,42-66,72H,7-34,36-41,67H2,1-6H3. The molecule has 1 atom stereocenters. The SMILES string of the molecule is CCCCCCCCCCC(CCCCCC)CN1C(=O)c2c(-c3cccs3)sc(-c3ccc(-c4cc5c(s4)-c4cc6c7c(sc6cc4C5(c4ccc(CCCCCC)cc4)c4ccc(CCCCCC)cc4)C=CC7(c4ccc(CCCCCC)cc4)c4ccc(CCCCCC)cc4)s3)c2C1=O. The smallest absolute Gasteiger partial charge is 0.263 e. The second-order valence-electron chi connectivity index (χ2n) is 30.9. The number of amides is 2. The van der Waals surface area contributed by atoms with Gasteiger partial charge in [0, 0.05) is 40.5 Å². The molecule has 8 heteroatoms. The largest absolute Gasteiger partial charge is 0.274 e. The van der Waals surface area contributed by atoms with E-state index in [1.807, 2.05) is 22.7 Å². The molecule has 546 valence electrons. The molecule has 0 saturated heterocycles. The highest BCUT2D eigenvalue weighted by molar-refractivity contribution is 7.29. The van der Waals surface area contributed by atoms with Crippen LogP contribution in [0.4, 0.5) is 0 Å². The number of hydrogen-bond acceptors (Lipinski definition) is 7. The summed E-state index contributed by atoms with van der Waals surface area (Å²) < 4.78 is 1.34. The van der Waals surface area contributed by atoms with Crippen molar-refractivity contribution >= 4 is 84.7 Å². The Bertz CT molecular complexity index is 4320. The van der Waals surface area contributed by atoms with Crippen LogP contribution < -0.4 is 0 Å². The number of hydrogen-bond donors (Lipinski definition) is 0. The summed E-state index contributed by atoms with van der Waals surface area (Å²) in [6, 6.07) is 56.1. The van der Waals surface area contributed by atoms with Gasteiger partial charge >= 0.3 is 0 Å². The lowest BCUT2D eigenvalue weighted by Gasteiger charge is -2.34. The van der Waals surface area contributed by atoms with E-state index in [0.717, 1.165) is 70.9 Å². The Balaban J connectivity index is 0.933. The zero-order valence-electron chi connectivity index (χ0n) is 63.6. The van der Waals surface area contributed by atoms with Gasteiger partial charge in [-0.2, -0.15) is 0 Å². The Morgan fingerprint density at radius 2 is 0.827 bits per heavy atom. The molecule has 1 aliphatic heterocycles. The van der Waals surface area contributed by atoms with E-state index >= 15 is 9.59 Å². The number of benzene rings is 5. The third-order valence-electron chi connectivity index (χ3n) is 23.4. The molecule has 5 aromatic carbocycles. The maximum Gasteiger partial charge on any atom is 0.263 e. The van der Waals surface area contributed by atoms with Gasteiger partial charge in [0.1, 0.15) is 0 Å². The maximum absolute atomic E-state index is 15.4. The molecule has 0 spiro atoms. The molecule has 104 heavy (non-hydrogen) atoms. The fraction of sp³-hybridized carbons (Fsp3) is 0.458. The number of thiophene rings is 5. The van der Waals surface area contributed by atoms with Crippen molar-refractivity contribution in [2.24, 2.45) is 5.92 Å². The van der Waals surface area contributed by atoms with Crippen molar-refractivity contribution in [3.05, 3.63) is 228 Å². The van der Waals surface area contributed by atoms with Crippen LogP contribution in [-0.4, -0.2) is 23.3 Å². The van der Waals surface area contributed by atoms with Crippen molar-refractivity contribution in [1.82, 2.24) is 4.90 Å². The fourth-order valence-corrected chi connectivity index (χ4v) is 23.3. The molecule has 0 N–H and O–H groups in total. The molecule has 3 aliphatic rings. The van der Waals surface area contributed by atoms with Gasteiger partial charge in [-0.3, -0.25) is 14.5 Å². The maximum atomic E-state index is 15.4. The van der Waals surface area contributed by atoms with Gasteiger partial charge in [-0.25, -0.2) is 0 Å². The highest BCUT2D eigenvalue weighted by atomic mass is 32.1. The first-order chi connectivity index (χ1) is 51.2. The summed E-state index contributed by atoms with van der Waals surface area (Å²) in [5.41, 5.74) is 16.6. The first kappa shape index (κ1) is 76.0. The summed E-state index contributed by atoms with van der Waals surface area (Å²) >= 11 is 9.04. The topological polar surface area (TPSA) is 37.4 Å². The van der Waals surface area contributed by atoms with Crippen molar-refractivity contribution in [3.63, 3.8) is 0 Å². The number of nitrogens with zero attached hydrogens (tertiary/aromatic N) is 1. The van der Waals surface area contributed by atoms with Crippen molar-refractivity contribution < 1.29 is 9.59 Å². The van der Waals surface area contributed by atoms with Gasteiger partial charge in [0.25, 0.3) is 11.8 Å². The highest BCUT2D eigenvalue weighted by Gasteiger charge is 2.50. The van der Waals surface area contributed by atoms with Gasteiger partial charge in [-0.05, 0) is 190 Å². The minimum Gasteiger partial charge on any atom is -0.274 e. The Morgan fingerprint density at radius 1 is 0.385 bits per heavy atom. The quantitative estimate of drug-likeness (QED) is 0.0282. The minimum atomic E-state index is -0.612. The van der Waals surface area contributed by atoms with Gasteiger partial charge in [-0.15, -0.1) is 56.7 Å². The lowest BCUT2D eigenvalue weighted by atomic mass is 9.67. The van der Waals surface area contributed by atoms with Gasteiger partial charge in [0.15, 0.2) is 0 Å². The molecule has 3 nitrogen and oxygen atoms in total. The van der Waals surface area contributed by atoms with Gasteiger partial charge in [0.05, 0.1) is 31.7 Å². The van der Waals surface area contributed by atoms with Crippen LogP contribution in [0.5, 0.6) is 0 Å². The number of imide groups is 1. The van der Waals surface area contributed by atoms with Crippen LogP contribution >= 0.6 is 56.7 Å². The first-order valence-electron chi connectivity index (χ1n) is 41.2. The molecular weight excluding hydrogens is 1360 g/mol. The molecule has 2 aliphatic carbocycles. The van der Waals surface area contributed by atoms with Crippen LogP contribution in [0, 0.1) is 5.92 Å². The van der Waals surface area contributed by atoms with E-state index in [4.69, 9.17) is 0 Å². The number of unbranched alkanes of at least 4 members (excludes halogenated alkanes) is 22. The summed E-state index contributed by atoms with van der Waals surface area (Å²) in [7, 11) is 0. The monoisotopic (exact) mass is 1470 g/mol. The fourth-order valence-electron chi connectivity index (χ4n) is 17.5. The van der Waals surface area contributed by atoms with E-state index in [0.29, 0.717) is 23.6 Å². The molecule has 2 amide bonds. The molecule has 5 aromatic heterocycles. The van der Waals surface area contributed by atoms with Crippen LogP contribution in [0.3, 0.4) is 0 Å². The molecule has 0 bridgehead atoms. The number of allylic oxidation sites excluding steroid dienone is 1. The van der Waals surface area contributed by atoms with Crippen LogP contribution in [-0.2, 0) is 36.5 Å². The summed E-state index contributed by atoms with van der Waals surface area (Å²) in [6.45, 7) is 14.3. The summed E-state index contributed by atoms with van der Waals surface area (Å²) in [4.78, 5) is 41.4. The normalized spacial score (nSPS) is 14.3. The molecule has 0 fully saturated rings. The van der Waals surface area contributed by atoms with E-state index in [1.165, 1.54) is 263 Å². The number of carbonyl (C=O) groups excluding carboxylic acids is 2. The van der Waals surface area contributed by atoms with Gasteiger partial charge in [-0.1, -0.05) is 305 Å². The second-order valence-corrected chi connectivity index (χ2v) is 36.0. The summed E-state index contributed by atoms with van der Waals surface area (Å²) in [5, 5.41) is 3.45. The lowest BCUT2D eigenvalue weighted by Crippen LogP contribution is -2.35. The van der Waals surface area contributed by atoms with Crippen molar-refractivity contribution in [2.45, 2.75) is 271 Å². The van der Waals surface area contributed by atoms with E-state index < -0.39 is 10.8 Å². The Hall–Kier alpha value is -6.26. The van der Waals surface area contributed by atoms with Crippen molar-refractivity contribution in [3.8, 4) is 39.7 Å². The second kappa shape index (κ2) is 36.6. The van der Waals surface area contributed by atoms with E-state index in [1.54, 1.807) is 38.9 Å². The third-order valence-corrected chi connectivity index (χ3v) is 29.4. The number of rotatable bonds is 43. The van der Waals surface area contributed by atoms with E-state index in [2.05, 4.69) is 199 Å². The zero-order chi connectivity index (χ0) is 71.8. The summed E-state index contributed by atoms with van der Waals surface area (Å²) in [6.07, 6.45) is 46.6. The molecule has 0 radical (unpaired) electrons. The third kappa shape index (κ3) is 16.3. The van der Waals surface area contributed by atoms with Gasteiger partial charge < -0.3 is 0 Å². The predicted octanol–water partition coefficient (Wildman–Crippen LogP) is 30.1. The van der Waals surface area contributed by atoms with Crippen LogP contribution in [0.2, 0.25) is 0 Å². The van der Waals surface area contributed by atoms with Crippen molar-refractivity contribution in [2.75, 3.05) is 6.54 Å².